The number of hydrogen-bond donors (Lipinski definition) is 1. The van der Waals surface area contributed by atoms with Gasteiger partial charge >= 0.3 is 11.9 Å². The highest BCUT2D eigenvalue weighted by atomic mass is 32.1. The highest BCUT2D eigenvalue weighted by molar-refractivity contribution is 7.17. The molecule has 8 heteroatoms. The Hall–Kier alpha value is -2.71. The van der Waals surface area contributed by atoms with Crippen LogP contribution in [-0.4, -0.2) is 50.6 Å². The van der Waals surface area contributed by atoms with E-state index >= 15 is 0 Å². The SMILES string of the molecule is COC(=O)c1ccc(C(=O)Nc2sc3c(c2C(=O)OC)CCN(C)C3)cc1. The summed E-state index contributed by atoms with van der Waals surface area (Å²) in [6.07, 6.45) is 0.733. The molecule has 0 bridgehead atoms. The predicted octanol–water partition coefficient (Wildman–Crippen LogP) is 2.56. The van der Waals surface area contributed by atoms with Crippen LogP contribution in [0.3, 0.4) is 0 Å². The maximum absolute atomic E-state index is 12.6. The lowest BCUT2D eigenvalue weighted by atomic mass is 10.0. The van der Waals surface area contributed by atoms with Gasteiger partial charge in [-0.2, -0.15) is 0 Å². The molecule has 0 fully saturated rings. The first-order valence-electron chi connectivity index (χ1n) is 8.35. The number of nitrogens with one attached hydrogen (secondary N) is 1. The molecule has 1 N–H and O–H groups in total. The zero-order valence-corrected chi connectivity index (χ0v) is 16.1. The fourth-order valence-corrected chi connectivity index (χ4v) is 4.30. The number of carbonyl (C=O) groups excluding carboxylic acids is 3. The van der Waals surface area contributed by atoms with Crippen molar-refractivity contribution in [2.75, 3.05) is 33.1 Å². The number of likely N-dealkylation sites (N-methyl/N-ethyl adjacent to an activating group) is 1. The van der Waals surface area contributed by atoms with Crippen LogP contribution < -0.4 is 5.32 Å². The van der Waals surface area contributed by atoms with E-state index in [2.05, 4.69) is 15.0 Å². The van der Waals surface area contributed by atoms with Crippen LogP contribution in [-0.2, 0) is 22.4 Å². The Labute approximate surface area is 160 Å². The third-order valence-corrected chi connectivity index (χ3v) is 5.56. The lowest BCUT2D eigenvalue weighted by Gasteiger charge is -2.22. The first kappa shape index (κ1) is 19.1. The Morgan fingerprint density at radius 2 is 1.67 bits per heavy atom. The van der Waals surface area contributed by atoms with Gasteiger partial charge < -0.3 is 19.7 Å². The summed E-state index contributed by atoms with van der Waals surface area (Å²) < 4.78 is 9.57. The summed E-state index contributed by atoms with van der Waals surface area (Å²) in [5, 5.41) is 3.31. The average molecular weight is 388 g/mol. The molecular formula is C19H20N2O5S. The van der Waals surface area contributed by atoms with Crippen molar-refractivity contribution in [3.05, 3.63) is 51.4 Å². The van der Waals surface area contributed by atoms with Crippen LogP contribution in [0.25, 0.3) is 0 Å². The molecule has 0 saturated carbocycles. The lowest BCUT2D eigenvalue weighted by Crippen LogP contribution is -2.26. The normalized spacial score (nSPS) is 13.6. The van der Waals surface area contributed by atoms with Gasteiger partial charge in [-0.1, -0.05) is 0 Å². The first-order chi connectivity index (χ1) is 12.9. The van der Waals surface area contributed by atoms with Crippen molar-refractivity contribution in [1.82, 2.24) is 4.90 Å². The van der Waals surface area contributed by atoms with Gasteiger partial charge in [-0.15, -0.1) is 11.3 Å². The van der Waals surface area contributed by atoms with Crippen LogP contribution in [0.4, 0.5) is 5.00 Å². The van der Waals surface area contributed by atoms with E-state index in [1.54, 1.807) is 12.1 Å². The van der Waals surface area contributed by atoms with E-state index in [4.69, 9.17) is 4.74 Å². The molecule has 1 amide bonds. The van der Waals surface area contributed by atoms with E-state index in [-0.39, 0.29) is 5.91 Å². The van der Waals surface area contributed by atoms with Gasteiger partial charge in [-0.05, 0) is 43.3 Å². The monoisotopic (exact) mass is 388 g/mol. The van der Waals surface area contributed by atoms with Crippen molar-refractivity contribution in [2.45, 2.75) is 13.0 Å². The van der Waals surface area contributed by atoms with Crippen LogP contribution in [0.5, 0.6) is 0 Å². The molecule has 27 heavy (non-hydrogen) atoms. The molecule has 142 valence electrons. The molecule has 0 saturated heterocycles. The Balaban J connectivity index is 1.87. The first-order valence-corrected chi connectivity index (χ1v) is 9.17. The minimum absolute atomic E-state index is 0.358. The Morgan fingerprint density at radius 1 is 1.04 bits per heavy atom. The molecule has 3 rings (SSSR count). The third kappa shape index (κ3) is 3.86. The maximum Gasteiger partial charge on any atom is 0.341 e. The number of carbonyl (C=O) groups is 3. The number of rotatable bonds is 4. The number of thiophene rings is 1. The third-order valence-electron chi connectivity index (χ3n) is 4.43. The number of nitrogens with zero attached hydrogens (tertiary/aromatic N) is 1. The van der Waals surface area contributed by atoms with Crippen molar-refractivity contribution in [3.8, 4) is 0 Å². The minimum Gasteiger partial charge on any atom is -0.465 e. The molecule has 1 aromatic heterocycles. The quantitative estimate of drug-likeness (QED) is 0.811. The molecule has 1 aromatic carbocycles. The van der Waals surface area contributed by atoms with Gasteiger partial charge in [-0.3, -0.25) is 4.79 Å². The van der Waals surface area contributed by atoms with Gasteiger partial charge in [0.15, 0.2) is 0 Å². The molecule has 2 aromatic rings. The molecule has 0 spiro atoms. The molecule has 2 heterocycles. The smallest absolute Gasteiger partial charge is 0.341 e. The molecule has 0 aliphatic carbocycles. The summed E-state index contributed by atoms with van der Waals surface area (Å²) in [7, 11) is 4.65. The van der Waals surface area contributed by atoms with E-state index in [9.17, 15) is 14.4 Å². The molecule has 0 radical (unpaired) electrons. The number of fused-ring (bicyclic) bond motifs is 1. The van der Waals surface area contributed by atoms with Crippen molar-refractivity contribution in [1.29, 1.82) is 0 Å². The van der Waals surface area contributed by atoms with Gasteiger partial charge in [-0.25, -0.2) is 9.59 Å². The van der Waals surface area contributed by atoms with Gasteiger partial charge in [0.2, 0.25) is 0 Å². The molecular weight excluding hydrogens is 368 g/mol. The van der Waals surface area contributed by atoms with Gasteiger partial charge in [0, 0.05) is 23.5 Å². The standard InChI is InChI=1S/C19H20N2O5S/c1-21-9-8-13-14(10-21)27-17(15(13)19(24)26-3)20-16(22)11-4-6-12(7-5-11)18(23)25-2/h4-7H,8-10H2,1-3H3,(H,20,22). The summed E-state index contributed by atoms with van der Waals surface area (Å²) in [4.78, 5) is 39.6. The van der Waals surface area contributed by atoms with Gasteiger partial charge in [0.25, 0.3) is 5.91 Å². The number of esters is 2. The fraction of sp³-hybridized carbons (Fsp3) is 0.316. The number of ether oxygens (including phenoxy) is 2. The minimum atomic E-state index is -0.468. The lowest BCUT2D eigenvalue weighted by molar-refractivity contribution is 0.0591. The van der Waals surface area contributed by atoms with Crippen molar-refractivity contribution in [3.63, 3.8) is 0 Å². The average Bonchev–Trinajstić information content (AvgIpc) is 3.03. The number of hydrogen-bond acceptors (Lipinski definition) is 7. The number of anilines is 1. The molecule has 0 atom stereocenters. The summed E-state index contributed by atoms with van der Waals surface area (Å²) in [6, 6.07) is 6.13. The second kappa shape index (κ2) is 7.89. The fourth-order valence-electron chi connectivity index (χ4n) is 2.99. The molecule has 1 aliphatic heterocycles. The van der Waals surface area contributed by atoms with E-state index in [1.165, 1.54) is 37.7 Å². The molecule has 1 aliphatic rings. The maximum atomic E-state index is 12.6. The molecule has 7 nitrogen and oxygen atoms in total. The van der Waals surface area contributed by atoms with Gasteiger partial charge in [0.05, 0.1) is 25.3 Å². The van der Waals surface area contributed by atoms with Crippen molar-refractivity contribution in [2.24, 2.45) is 0 Å². The van der Waals surface area contributed by atoms with Crippen LogP contribution in [0.1, 0.15) is 41.5 Å². The second-order valence-corrected chi connectivity index (χ2v) is 7.32. The number of benzene rings is 1. The zero-order valence-electron chi connectivity index (χ0n) is 15.3. The summed E-state index contributed by atoms with van der Waals surface area (Å²) >= 11 is 1.40. The van der Waals surface area contributed by atoms with E-state index in [1.807, 2.05) is 7.05 Å². The topological polar surface area (TPSA) is 84.9 Å². The van der Waals surface area contributed by atoms with Crippen LogP contribution in [0, 0.1) is 0 Å². The Bertz CT molecular complexity index is 888. The highest BCUT2D eigenvalue weighted by Crippen LogP contribution is 2.37. The van der Waals surface area contributed by atoms with E-state index in [0.29, 0.717) is 21.7 Å². The summed E-state index contributed by atoms with van der Waals surface area (Å²) in [6.45, 7) is 1.57. The van der Waals surface area contributed by atoms with Crippen LogP contribution >= 0.6 is 11.3 Å². The van der Waals surface area contributed by atoms with Gasteiger partial charge in [0.1, 0.15) is 5.00 Å². The van der Waals surface area contributed by atoms with Crippen LogP contribution in [0.15, 0.2) is 24.3 Å². The Morgan fingerprint density at radius 3 is 2.30 bits per heavy atom. The van der Waals surface area contributed by atoms with Crippen LogP contribution in [0.2, 0.25) is 0 Å². The largest absolute Gasteiger partial charge is 0.465 e. The number of amides is 1. The zero-order chi connectivity index (χ0) is 19.6. The molecule has 0 unspecified atom stereocenters. The summed E-state index contributed by atoms with van der Waals surface area (Å²) in [5.74, 6) is -1.28. The van der Waals surface area contributed by atoms with Crippen molar-refractivity contribution < 1.29 is 23.9 Å². The Kier molecular flexibility index (Phi) is 5.57. The second-order valence-electron chi connectivity index (χ2n) is 6.21. The predicted molar refractivity (Wildman–Crippen MR) is 101 cm³/mol. The van der Waals surface area contributed by atoms with E-state index in [0.717, 1.165) is 30.0 Å². The highest BCUT2D eigenvalue weighted by Gasteiger charge is 2.28. The number of methoxy groups -OCH3 is 2. The van der Waals surface area contributed by atoms with E-state index < -0.39 is 11.9 Å². The summed E-state index contributed by atoms with van der Waals surface area (Å²) in [5.41, 5.74) is 2.12. The van der Waals surface area contributed by atoms with Crippen molar-refractivity contribution >= 4 is 34.2 Å².